The number of fused-ring (bicyclic) bond motifs is 1. The van der Waals surface area contributed by atoms with Crippen LogP contribution in [0.25, 0.3) is 10.8 Å². The lowest BCUT2D eigenvalue weighted by molar-refractivity contribution is -0.213. The van der Waals surface area contributed by atoms with Gasteiger partial charge in [-0.05, 0) is 79.4 Å². The minimum Gasteiger partial charge on any atom is -0.494 e. The Bertz CT molecular complexity index is 2040. The highest BCUT2D eigenvalue weighted by Crippen LogP contribution is 2.37. The second kappa shape index (κ2) is 15.5. The Morgan fingerprint density at radius 1 is 0.882 bits per heavy atom. The molecule has 0 radical (unpaired) electrons. The fraction of sp³-hybridized carbons (Fsp3) is 0.294. The summed E-state index contributed by atoms with van der Waals surface area (Å²) in [6.45, 7) is 5.57. The third kappa shape index (κ3) is 8.97. The Morgan fingerprint density at radius 3 is 2.12 bits per heavy atom. The molecule has 2 amide bonds. The number of nitrogen functional groups attached to an aromatic ring is 1. The summed E-state index contributed by atoms with van der Waals surface area (Å²) < 4.78 is 84.3. The fourth-order valence-corrected chi connectivity index (χ4v) is 6.22. The molecule has 4 aromatic rings. The molecule has 13 nitrogen and oxygen atoms in total. The predicted molar refractivity (Wildman–Crippen MR) is 183 cm³/mol. The summed E-state index contributed by atoms with van der Waals surface area (Å²) in [6, 6.07) is 13.6. The van der Waals surface area contributed by atoms with Gasteiger partial charge in [0.2, 0.25) is 5.91 Å². The average molecular weight is 732 g/mol. The molecule has 1 heterocycles. The molecule has 1 unspecified atom stereocenters. The number of sulfone groups is 1. The van der Waals surface area contributed by atoms with E-state index in [4.69, 9.17) is 19.9 Å². The molecular formula is C34H36F3N5O8S. The Balaban J connectivity index is 1.95. The first-order valence-electron chi connectivity index (χ1n) is 15.6. The van der Waals surface area contributed by atoms with E-state index in [1.54, 1.807) is 19.9 Å². The first kappa shape index (κ1) is 38.2. The summed E-state index contributed by atoms with van der Waals surface area (Å²) >= 11 is 0. The number of hydrogen-bond donors (Lipinski definition) is 4. The van der Waals surface area contributed by atoms with E-state index in [0.717, 1.165) is 0 Å². The van der Waals surface area contributed by atoms with Crippen molar-refractivity contribution in [3.8, 4) is 11.5 Å². The van der Waals surface area contributed by atoms with Crippen molar-refractivity contribution in [1.82, 2.24) is 10.3 Å². The van der Waals surface area contributed by atoms with Gasteiger partial charge in [-0.2, -0.15) is 13.2 Å². The second-order valence-electron chi connectivity index (χ2n) is 11.0. The van der Waals surface area contributed by atoms with Gasteiger partial charge in [-0.1, -0.05) is 6.92 Å². The third-order valence-electron chi connectivity index (χ3n) is 7.36. The van der Waals surface area contributed by atoms with Crippen LogP contribution in [0.4, 0.5) is 30.4 Å². The molecular weight excluding hydrogens is 695 g/mol. The van der Waals surface area contributed by atoms with Crippen molar-refractivity contribution in [2.24, 2.45) is 0 Å². The van der Waals surface area contributed by atoms with Gasteiger partial charge in [-0.25, -0.2) is 18.2 Å². The van der Waals surface area contributed by atoms with Crippen LogP contribution in [0.3, 0.4) is 0 Å². The van der Waals surface area contributed by atoms with Crippen LogP contribution in [0.1, 0.15) is 38.8 Å². The van der Waals surface area contributed by atoms with Crippen LogP contribution in [0, 0.1) is 0 Å². The maximum Gasteiger partial charge on any atom is 0.491 e. The van der Waals surface area contributed by atoms with E-state index in [0.29, 0.717) is 10.8 Å². The van der Waals surface area contributed by atoms with Gasteiger partial charge in [-0.3, -0.25) is 9.59 Å². The van der Waals surface area contributed by atoms with Gasteiger partial charge in [0.25, 0.3) is 11.6 Å². The topological polar surface area (TPSA) is 188 Å². The second-order valence-corrected chi connectivity index (χ2v) is 13.2. The minimum absolute atomic E-state index is 0.0138. The monoisotopic (exact) mass is 731 g/mol. The molecule has 0 bridgehead atoms. The molecule has 0 aliphatic rings. The number of carbonyl (C=O) groups is 3. The Kier molecular flexibility index (Phi) is 11.6. The number of anilines is 3. The minimum atomic E-state index is -5.56. The summed E-state index contributed by atoms with van der Waals surface area (Å²) in [4.78, 5) is 42.8. The summed E-state index contributed by atoms with van der Waals surface area (Å²) in [5.74, 6) is -4.55. The number of nitrogens with zero attached hydrogens (tertiary/aromatic N) is 1. The standard InChI is InChI=1S/C34H36F3N5O8S/c1-5-48-26-16-23(17-27(18-26)49-6-2)33(50-32(45)34(35,36)37,42-25-8-10-28-21(14-25)12-13-39-30(28)38)31(44)40-19-22-15-24(41-20(4)43)9-11-29(22)51(46,47)7-3/h8-18,42H,5-7,19H2,1-4H3,(H2,38,39)(H,40,44)(H,41,43). The maximum absolute atomic E-state index is 14.5. The molecule has 0 saturated carbocycles. The number of pyridine rings is 1. The van der Waals surface area contributed by atoms with Gasteiger partial charge in [0.1, 0.15) is 17.3 Å². The lowest BCUT2D eigenvalue weighted by Gasteiger charge is -2.35. The van der Waals surface area contributed by atoms with E-state index in [1.807, 2.05) is 0 Å². The van der Waals surface area contributed by atoms with Crippen molar-refractivity contribution in [1.29, 1.82) is 0 Å². The zero-order valence-corrected chi connectivity index (χ0v) is 28.8. The smallest absolute Gasteiger partial charge is 0.491 e. The van der Waals surface area contributed by atoms with Crippen molar-refractivity contribution in [2.45, 2.75) is 51.0 Å². The first-order chi connectivity index (χ1) is 24.0. The van der Waals surface area contributed by atoms with Crippen molar-refractivity contribution in [3.63, 3.8) is 0 Å². The van der Waals surface area contributed by atoms with Crippen LogP contribution >= 0.6 is 0 Å². The van der Waals surface area contributed by atoms with E-state index in [2.05, 4.69) is 20.9 Å². The number of aromatic nitrogens is 1. The Labute approximate surface area is 291 Å². The van der Waals surface area contributed by atoms with Crippen LogP contribution in [0.15, 0.2) is 71.8 Å². The van der Waals surface area contributed by atoms with Crippen molar-refractivity contribution in [3.05, 3.63) is 78.0 Å². The average Bonchev–Trinajstić information content (AvgIpc) is 3.06. The molecule has 5 N–H and O–H groups in total. The van der Waals surface area contributed by atoms with Crippen molar-refractivity contribution >= 4 is 55.6 Å². The van der Waals surface area contributed by atoms with Gasteiger partial charge in [-0.15, -0.1) is 0 Å². The highest BCUT2D eigenvalue weighted by atomic mass is 32.2. The number of carbonyl (C=O) groups excluding carboxylic acids is 3. The van der Waals surface area contributed by atoms with Crippen LogP contribution in [0.2, 0.25) is 0 Å². The molecule has 0 aliphatic heterocycles. The number of rotatable bonds is 14. The number of amides is 2. The fourth-order valence-electron chi connectivity index (χ4n) is 5.10. The summed E-state index contributed by atoms with van der Waals surface area (Å²) in [5, 5.41) is 8.63. The molecule has 0 spiro atoms. The number of nitrogens with two attached hydrogens (primary N) is 1. The number of esters is 1. The Hall–Kier alpha value is -5.58. The zero-order valence-electron chi connectivity index (χ0n) is 28.0. The maximum atomic E-state index is 14.5. The highest BCUT2D eigenvalue weighted by molar-refractivity contribution is 7.91. The van der Waals surface area contributed by atoms with Crippen LogP contribution in [-0.2, 0) is 41.2 Å². The van der Waals surface area contributed by atoms with Gasteiger partial charge in [0.05, 0.1) is 23.9 Å². The summed E-state index contributed by atoms with van der Waals surface area (Å²) in [5.41, 5.74) is 2.84. The number of nitrogens with one attached hydrogen (secondary N) is 3. The van der Waals surface area contributed by atoms with E-state index >= 15 is 0 Å². The highest BCUT2D eigenvalue weighted by Gasteiger charge is 2.52. The van der Waals surface area contributed by atoms with Crippen LogP contribution in [-0.4, -0.2) is 56.3 Å². The van der Waals surface area contributed by atoms with Gasteiger partial charge >= 0.3 is 12.1 Å². The number of benzene rings is 3. The molecule has 17 heteroatoms. The molecule has 1 aromatic heterocycles. The van der Waals surface area contributed by atoms with Crippen LogP contribution < -0.4 is 31.2 Å². The summed E-state index contributed by atoms with van der Waals surface area (Å²) in [6.07, 6.45) is -4.16. The molecule has 51 heavy (non-hydrogen) atoms. The van der Waals surface area contributed by atoms with Gasteiger partial charge in [0.15, 0.2) is 9.84 Å². The summed E-state index contributed by atoms with van der Waals surface area (Å²) in [7, 11) is -3.91. The van der Waals surface area contributed by atoms with Gasteiger partial charge in [0, 0.05) is 48.1 Å². The zero-order chi connectivity index (χ0) is 37.6. The van der Waals surface area contributed by atoms with Gasteiger partial charge < -0.3 is 35.9 Å². The third-order valence-corrected chi connectivity index (χ3v) is 9.19. The molecule has 0 aliphatic carbocycles. The Morgan fingerprint density at radius 2 is 1.53 bits per heavy atom. The SMILES string of the molecule is CCOc1cc(OCC)cc(C(Nc2ccc3c(N)nccc3c2)(OC(=O)C(F)(F)F)C(=O)NCc2cc(NC(C)=O)ccc2S(=O)(=O)CC)c1. The predicted octanol–water partition coefficient (Wildman–Crippen LogP) is 5.05. The quantitative estimate of drug-likeness (QED) is 0.100. The molecule has 0 fully saturated rings. The van der Waals surface area contributed by atoms with Crippen LogP contribution in [0.5, 0.6) is 11.5 Å². The largest absolute Gasteiger partial charge is 0.494 e. The van der Waals surface area contributed by atoms with E-state index < -0.39 is 46.1 Å². The molecule has 0 saturated heterocycles. The molecule has 1 atom stereocenters. The molecule has 3 aromatic carbocycles. The van der Waals surface area contributed by atoms with E-state index in [1.165, 1.54) is 74.6 Å². The van der Waals surface area contributed by atoms with E-state index in [-0.39, 0.29) is 63.7 Å². The lowest BCUT2D eigenvalue weighted by Crippen LogP contribution is -2.54. The number of hydrogen-bond acceptors (Lipinski definition) is 11. The first-order valence-corrected chi connectivity index (χ1v) is 17.2. The number of ether oxygens (including phenoxy) is 3. The molecule has 272 valence electrons. The molecule has 4 rings (SSSR count). The van der Waals surface area contributed by atoms with Crippen molar-refractivity contribution in [2.75, 3.05) is 35.3 Å². The van der Waals surface area contributed by atoms with Crippen molar-refractivity contribution < 1.29 is 50.2 Å². The number of alkyl halides is 3. The van der Waals surface area contributed by atoms with E-state index in [9.17, 15) is 36.0 Å². The number of halogens is 3. The lowest BCUT2D eigenvalue weighted by atomic mass is 9.98. The normalized spacial score (nSPS) is 12.8.